The van der Waals surface area contributed by atoms with E-state index in [4.69, 9.17) is 0 Å². The van der Waals surface area contributed by atoms with Crippen molar-refractivity contribution in [3.05, 3.63) is 164 Å². The minimum absolute atomic E-state index is 1.14. The van der Waals surface area contributed by atoms with Crippen molar-refractivity contribution in [2.75, 3.05) is 4.90 Å². The molecule has 0 saturated carbocycles. The molecule has 0 aliphatic carbocycles. The fraction of sp³-hybridized carbons (Fsp3) is 0. The molecule has 1 aromatic heterocycles. The Balaban J connectivity index is 1.29. The van der Waals surface area contributed by atoms with Crippen LogP contribution in [0.25, 0.3) is 63.6 Å². The maximum absolute atomic E-state index is 2.47. The van der Waals surface area contributed by atoms with Crippen LogP contribution >= 0.6 is 11.3 Å². The zero-order chi connectivity index (χ0) is 29.0. The van der Waals surface area contributed by atoms with Crippen molar-refractivity contribution in [2.24, 2.45) is 0 Å². The van der Waals surface area contributed by atoms with E-state index in [0.717, 1.165) is 5.69 Å². The summed E-state index contributed by atoms with van der Waals surface area (Å²) in [6.07, 6.45) is 0. The molecule has 8 aromatic carbocycles. The molecule has 0 unspecified atom stereocenters. The Morgan fingerprint density at radius 2 is 1.00 bits per heavy atom. The molecule has 0 radical (unpaired) electrons. The fourth-order valence-electron chi connectivity index (χ4n) is 6.71. The second kappa shape index (κ2) is 10.1. The third kappa shape index (κ3) is 4.00. The van der Waals surface area contributed by atoms with Gasteiger partial charge < -0.3 is 4.90 Å². The van der Waals surface area contributed by atoms with Gasteiger partial charge in [-0.25, -0.2) is 0 Å². The first-order valence-corrected chi connectivity index (χ1v) is 15.8. The van der Waals surface area contributed by atoms with Crippen molar-refractivity contribution in [1.29, 1.82) is 0 Å². The van der Waals surface area contributed by atoms with E-state index in [-0.39, 0.29) is 0 Å². The van der Waals surface area contributed by atoms with Crippen molar-refractivity contribution in [3.63, 3.8) is 0 Å². The molecule has 0 bridgehead atoms. The van der Waals surface area contributed by atoms with E-state index in [9.17, 15) is 0 Å². The Labute approximate surface area is 259 Å². The Kier molecular flexibility index (Phi) is 5.75. The Morgan fingerprint density at radius 1 is 0.364 bits per heavy atom. The van der Waals surface area contributed by atoms with E-state index in [1.165, 1.54) is 75.0 Å². The number of rotatable bonds is 4. The summed E-state index contributed by atoms with van der Waals surface area (Å²) in [7, 11) is 0. The second-order valence-electron chi connectivity index (χ2n) is 11.4. The van der Waals surface area contributed by atoms with Gasteiger partial charge in [0.1, 0.15) is 0 Å². The monoisotopic (exact) mass is 577 g/mol. The van der Waals surface area contributed by atoms with Gasteiger partial charge in [0.05, 0.1) is 16.1 Å². The van der Waals surface area contributed by atoms with Crippen LogP contribution in [-0.4, -0.2) is 0 Å². The van der Waals surface area contributed by atoms with Gasteiger partial charge in [0.25, 0.3) is 0 Å². The van der Waals surface area contributed by atoms with E-state index in [1.807, 2.05) is 11.3 Å². The number of hydrogen-bond acceptors (Lipinski definition) is 2. The molecule has 206 valence electrons. The first-order valence-electron chi connectivity index (χ1n) is 15.0. The topological polar surface area (TPSA) is 3.24 Å². The molecule has 9 rings (SSSR count). The van der Waals surface area contributed by atoms with Gasteiger partial charge in [0.2, 0.25) is 0 Å². The first-order chi connectivity index (χ1) is 21.8. The SMILES string of the molecule is c1ccc2cc(-c3ccc(N(c4cc5ccccc5c5ccccc45)c4cccc5c4sc4ccccc45)cc3)ccc2c1. The zero-order valence-corrected chi connectivity index (χ0v) is 24.8. The summed E-state index contributed by atoms with van der Waals surface area (Å²) in [6, 6.07) is 59.8. The average Bonchev–Trinajstić information content (AvgIpc) is 3.48. The highest BCUT2D eigenvalue weighted by molar-refractivity contribution is 7.26. The largest absolute Gasteiger partial charge is 0.308 e. The van der Waals surface area contributed by atoms with Gasteiger partial charge in [-0.15, -0.1) is 11.3 Å². The van der Waals surface area contributed by atoms with Crippen LogP contribution in [0.3, 0.4) is 0 Å². The van der Waals surface area contributed by atoms with Gasteiger partial charge >= 0.3 is 0 Å². The summed E-state index contributed by atoms with van der Waals surface area (Å²) in [6.45, 7) is 0. The van der Waals surface area contributed by atoms with Crippen molar-refractivity contribution in [3.8, 4) is 11.1 Å². The van der Waals surface area contributed by atoms with E-state index < -0.39 is 0 Å². The van der Waals surface area contributed by atoms with Gasteiger partial charge in [-0.3, -0.25) is 0 Å². The van der Waals surface area contributed by atoms with E-state index in [1.54, 1.807) is 0 Å². The fourth-order valence-corrected chi connectivity index (χ4v) is 7.91. The molecule has 0 fully saturated rings. The molecule has 9 aromatic rings. The lowest BCUT2D eigenvalue weighted by molar-refractivity contribution is 1.32. The first kappa shape index (κ1) is 25.1. The number of thiophene rings is 1. The summed E-state index contributed by atoms with van der Waals surface area (Å²) in [5.41, 5.74) is 5.96. The standard InChI is InChI=1S/C42H27NS/c1-2-11-30-26-31(21-20-28(30)10-1)29-22-24-33(25-23-29)43(39-18-9-17-38-37-16-7-8-19-41(37)44-42(38)39)40-27-32-12-3-4-13-34(32)35-14-5-6-15-36(35)40/h1-27H. The van der Waals surface area contributed by atoms with Gasteiger partial charge in [0, 0.05) is 26.5 Å². The predicted molar refractivity (Wildman–Crippen MR) is 192 cm³/mol. The molecule has 1 heterocycles. The molecule has 0 N–H and O–H groups in total. The van der Waals surface area contributed by atoms with Gasteiger partial charge in [0.15, 0.2) is 0 Å². The lowest BCUT2D eigenvalue weighted by atomic mass is 9.98. The summed E-state index contributed by atoms with van der Waals surface area (Å²) in [4.78, 5) is 2.47. The van der Waals surface area contributed by atoms with Crippen LogP contribution in [0.15, 0.2) is 164 Å². The number of nitrogens with zero attached hydrogens (tertiary/aromatic N) is 1. The summed E-state index contributed by atoms with van der Waals surface area (Å²) in [5.74, 6) is 0. The number of anilines is 3. The van der Waals surface area contributed by atoms with Crippen molar-refractivity contribution in [2.45, 2.75) is 0 Å². The Hall–Kier alpha value is -5.44. The van der Waals surface area contributed by atoms with Crippen LogP contribution in [-0.2, 0) is 0 Å². The van der Waals surface area contributed by atoms with Gasteiger partial charge in [-0.1, -0.05) is 127 Å². The highest BCUT2D eigenvalue weighted by atomic mass is 32.1. The minimum atomic E-state index is 1.14. The molecular weight excluding hydrogens is 551 g/mol. The lowest BCUT2D eigenvalue weighted by Crippen LogP contribution is -2.10. The van der Waals surface area contributed by atoms with Gasteiger partial charge in [-0.05, 0) is 74.5 Å². The maximum atomic E-state index is 2.47. The van der Waals surface area contributed by atoms with Crippen molar-refractivity contribution >= 4 is 80.9 Å². The normalized spacial score (nSPS) is 11.6. The van der Waals surface area contributed by atoms with E-state index in [2.05, 4.69) is 169 Å². The lowest BCUT2D eigenvalue weighted by Gasteiger charge is -2.28. The zero-order valence-electron chi connectivity index (χ0n) is 23.9. The molecule has 44 heavy (non-hydrogen) atoms. The van der Waals surface area contributed by atoms with Crippen LogP contribution in [0.1, 0.15) is 0 Å². The highest BCUT2D eigenvalue weighted by Crippen LogP contribution is 2.47. The Bertz CT molecular complexity index is 2500. The molecule has 0 spiro atoms. The smallest absolute Gasteiger partial charge is 0.0640 e. The van der Waals surface area contributed by atoms with Crippen LogP contribution < -0.4 is 4.90 Å². The van der Waals surface area contributed by atoms with Crippen LogP contribution in [0.2, 0.25) is 0 Å². The third-order valence-corrected chi connectivity index (χ3v) is 10.0. The van der Waals surface area contributed by atoms with E-state index >= 15 is 0 Å². The quantitative estimate of drug-likeness (QED) is 0.188. The predicted octanol–water partition coefficient (Wildman–Crippen LogP) is 12.7. The Morgan fingerprint density at radius 3 is 1.84 bits per heavy atom. The summed E-state index contributed by atoms with van der Waals surface area (Å²) < 4.78 is 2.61. The minimum Gasteiger partial charge on any atom is -0.308 e. The molecule has 0 atom stereocenters. The summed E-state index contributed by atoms with van der Waals surface area (Å²) >= 11 is 1.87. The maximum Gasteiger partial charge on any atom is 0.0640 e. The second-order valence-corrected chi connectivity index (χ2v) is 12.4. The van der Waals surface area contributed by atoms with Crippen molar-refractivity contribution < 1.29 is 0 Å². The molecular formula is C42H27NS. The molecule has 0 saturated heterocycles. The molecule has 0 aliphatic rings. The number of benzene rings is 8. The summed E-state index contributed by atoms with van der Waals surface area (Å²) in [5, 5.41) is 10.1. The van der Waals surface area contributed by atoms with Crippen molar-refractivity contribution in [1.82, 2.24) is 0 Å². The van der Waals surface area contributed by atoms with Crippen LogP contribution in [0.5, 0.6) is 0 Å². The number of hydrogen-bond donors (Lipinski definition) is 0. The third-order valence-electron chi connectivity index (χ3n) is 8.82. The molecule has 0 aliphatic heterocycles. The van der Waals surface area contributed by atoms with E-state index in [0.29, 0.717) is 0 Å². The van der Waals surface area contributed by atoms with Crippen LogP contribution in [0, 0.1) is 0 Å². The molecule has 0 amide bonds. The molecule has 2 heteroatoms. The average molecular weight is 578 g/mol. The highest BCUT2D eigenvalue weighted by Gasteiger charge is 2.21. The molecule has 1 nitrogen and oxygen atoms in total. The van der Waals surface area contributed by atoms with Crippen LogP contribution in [0.4, 0.5) is 17.1 Å². The van der Waals surface area contributed by atoms with Gasteiger partial charge in [-0.2, -0.15) is 0 Å². The number of fused-ring (bicyclic) bond motifs is 7.